The predicted octanol–water partition coefficient (Wildman–Crippen LogP) is -1.17. The molecule has 0 radical (unpaired) electrons. The van der Waals surface area contributed by atoms with E-state index in [1.807, 2.05) is 0 Å². The van der Waals surface area contributed by atoms with Crippen LogP contribution in [0.25, 0.3) is 0 Å². The maximum Gasteiger partial charge on any atom is 0.269 e. The van der Waals surface area contributed by atoms with Crippen LogP contribution in [0, 0.1) is 11.8 Å². The lowest BCUT2D eigenvalue weighted by atomic mass is 10.2. The summed E-state index contributed by atoms with van der Waals surface area (Å²) in [6.45, 7) is -0.0810. The fourth-order valence-corrected chi connectivity index (χ4v) is 1.61. The summed E-state index contributed by atoms with van der Waals surface area (Å²) in [6.07, 6.45) is 1.80. The third kappa shape index (κ3) is 6.29. The van der Waals surface area contributed by atoms with E-state index in [0.717, 1.165) is 0 Å². The Kier molecular flexibility index (Phi) is 6.11. The molecule has 1 rings (SSSR count). The zero-order chi connectivity index (χ0) is 15.0. The summed E-state index contributed by atoms with van der Waals surface area (Å²) in [7, 11) is -3.60. The maximum atomic E-state index is 11.6. The number of amides is 1. The first-order chi connectivity index (χ1) is 9.42. The van der Waals surface area contributed by atoms with E-state index in [-0.39, 0.29) is 24.6 Å². The molecule has 0 atom stereocenters. The highest BCUT2D eigenvalue weighted by Gasteiger charge is 2.08. The van der Waals surface area contributed by atoms with Gasteiger partial charge in [-0.15, -0.1) is 0 Å². The van der Waals surface area contributed by atoms with Gasteiger partial charge in [-0.3, -0.25) is 4.79 Å². The van der Waals surface area contributed by atoms with Crippen LogP contribution in [0.4, 0.5) is 0 Å². The molecule has 108 valence electrons. The van der Waals surface area contributed by atoms with Gasteiger partial charge >= 0.3 is 0 Å². The van der Waals surface area contributed by atoms with Gasteiger partial charge in [0.1, 0.15) is 5.69 Å². The van der Waals surface area contributed by atoms with Gasteiger partial charge in [-0.25, -0.2) is 18.5 Å². The van der Waals surface area contributed by atoms with Crippen molar-refractivity contribution in [3.63, 3.8) is 0 Å². The van der Waals surface area contributed by atoms with E-state index >= 15 is 0 Å². The first kappa shape index (κ1) is 16.1. The lowest BCUT2D eigenvalue weighted by Gasteiger charge is -2.03. The smallest absolute Gasteiger partial charge is 0.269 e. The van der Waals surface area contributed by atoms with Gasteiger partial charge in [0.25, 0.3) is 5.91 Å². The summed E-state index contributed by atoms with van der Waals surface area (Å²) in [5.74, 6) is 4.69. The number of rotatable bonds is 5. The van der Waals surface area contributed by atoms with Gasteiger partial charge in [0, 0.05) is 24.7 Å². The molecule has 0 aromatic carbocycles. The highest BCUT2D eigenvalue weighted by atomic mass is 32.2. The maximum absolute atomic E-state index is 11.6. The lowest BCUT2D eigenvalue weighted by molar-refractivity contribution is 0.0951. The van der Waals surface area contributed by atoms with Crippen LogP contribution in [0.1, 0.15) is 22.5 Å². The molecule has 1 heterocycles. The standard InChI is InChI=1S/C12H15N3O4S/c13-20(18,19)8-6-14-12(17)11-5-4-10(9-15-11)3-1-2-7-16/h4-5,9,16H,2,6-8H2,(H,14,17)(H2,13,18,19). The van der Waals surface area contributed by atoms with E-state index in [4.69, 9.17) is 10.2 Å². The third-order valence-corrected chi connectivity index (χ3v) is 2.91. The summed E-state index contributed by atoms with van der Waals surface area (Å²) < 4.78 is 21.4. The quantitative estimate of drug-likeness (QED) is 0.591. The number of primary sulfonamides is 1. The molecule has 0 unspecified atom stereocenters. The molecule has 1 aromatic rings. The first-order valence-corrected chi connectivity index (χ1v) is 7.48. The van der Waals surface area contributed by atoms with Crippen LogP contribution in [0.3, 0.4) is 0 Å². The zero-order valence-electron chi connectivity index (χ0n) is 10.7. The average Bonchev–Trinajstić information content (AvgIpc) is 2.38. The highest BCUT2D eigenvalue weighted by Crippen LogP contribution is 1.99. The van der Waals surface area contributed by atoms with E-state index in [9.17, 15) is 13.2 Å². The van der Waals surface area contributed by atoms with Gasteiger partial charge in [0.05, 0.1) is 12.4 Å². The van der Waals surface area contributed by atoms with Gasteiger partial charge in [-0.2, -0.15) is 0 Å². The zero-order valence-corrected chi connectivity index (χ0v) is 11.5. The molecule has 0 aliphatic heterocycles. The minimum Gasteiger partial charge on any atom is -0.395 e. The van der Waals surface area contributed by atoms with Crippen molar-refractivity contribution >= 4 is 15.9 Å². The number of nitrogens with two attached hydrogens (primary N) is 1. The van der Waals surface area contributed by atoms with Crippen LogP contribution >= 0.6 is 0 Å². The molecule has 4 N–H and O–H groups in total. The molecule has 0 saturated heterocycles. The monoisotopic (exact) mass is 297 g/mol. The lowest BCUT2D eigenvalue weighted by Crippen LogP contribution is -2.31. The Bertz CT molecular complexity index is 614. The first-order valence-electron chi connectivity index (χ1n) is 5.77. The molecular weight excluding hydrogens is 282 g/mol. The molecule has 20 heavy (non-hydrogen) atoms. The number of nitrogens with zero attached hydrogens (tertiary/aromatic N) is 1. The summed E-state index contributed by atoms with van der Waals surface area (Å²) in [6, 6.07) is 3.10. The van der Waals surface area contributed by atoms with Crippen molar-refractivity contribution < 1.29 is 18.3 Å². The van der Waals surface area contributed by atoms with E-state index in [2.05, 4.69) is 22.1 Å². The Balaban J connectivity index is 2.56. The molecular formula is C12H15N3O4S. The van der Waals surface area contributed by atoms with Crippen molar-refractivity contribution in [2.45, 2.75) is 6.42 Å². The van der Waals surface area contributed by atoms with Gasteiger partial charge in [0.15, 0.2) is 0 Å². The fraction of sp³-hybridized carbons (Fsp3) is 0.333. The van der Waals surface area contributed by atoms with Crippen LogP contribution in [0.2, 0.25) is 0 Å². The summed E-state index contributed by atoms with van der Waals surface area (Å²) in [5.41, 5.74) is 0.784. The Hall–Kier alpha value is -1.95. The number of sulfonamides is 1. The fourth-order valence-electron chi connectivity index (χ4n) is 1.22. The normalized spacial score (nSPS) is 10.5. The van der Waals surface area contributed by atoms with Gasteiger partial charge in [0.2, 0.25) is 10.0 Å². The second-order valence-electron chi connectivity index (χ2n) is 3.83. The number of hydrogen-bond donors (Lipinski definition) is 3. The van der Waals surface area contributed by atoms with Crippen molar-refractivity contribution in [2.75, 3.05) is 18.9 Å². The van der Waals surface area contributed by atoms with E-state index < -0.39 is 15.9 Å². The van der Waals surface area contributed by atoms with Crippen LogP contribution in [0.5, 0.6) is 0 Å². The van der Waals surface area contributed by atoms with Gasteiger partial charge < -0.3 is 10.4 Å². The largest absolute Gasteiger partial charge is 0.395 e. The topological polar surface area (TPSA) is 122 Å². The molecule has 1 aromatic heterocycles. The molecule has 8 heteroatoms. The van der Waals surface area contributed by atoms with Crippen molar-refractivity contribution in [1.29, 1.82) is 0 Å². The Labute approximate surface area is 117 Å². The molecule has 0 bridgehead atoms. The molecule has 0 saturated carbocycles. The number of pyridine rings is 1. The molecule has 7 nitrogen and oxygen atoms in total. The predicted molar refractivity (Wildman–Crippen MR) is 73.1 cm³/mol. The van der Waals surface area contributed by atoms with Crippen LogP contribution < -0.4 is 10.5 Å². The second kappa shape index (κ2) is 7.59. The number of aliphatic hydroxyl groups is 1. The highest BCUT2D eigenvalue weighted by molar-refractivity contribution is 7.89. The Morgan fingerprint density at radius 3 is 2.75 bits per heavy atom. The number of carbonyl (C=O) groups is 1. The minimum absolute atomic E-state index is 0.00896. The van der Waals surface area contributed by atoms with Gasteiger partial charge in [-0.05, 0) is 12.1 Å². The van der Waals surface area contributed by atoms with E-state index in [1.54, 1.807) is 6.07 Å². The van der Waals surface area contributed by atoms with Crippen molar-refractivity contribution in [2.24, 2.45) is 5.14 Å². The summed E-state index contributed by atoms with van der Waals surface area (Å²) >= 11 is 0. The Morgan fingerprint density at radius 2 is 2.20 bits per heavy atom. The van der Waals surface area contributed by atoms with Crippen LogP contribution in [-0.4, -0.2) is 43.3 Å². The Morgan fingerprint density at radius 1 is 1.45 bits per heavy atom. The number of hydrogen-bond acceptors (Lipinski definition) is 5. The van der Waals surface area contributed by atoms with E-state index in [1.165, 1.54) is 12.3 Å². The number of nitrogens with one attached hydrogen (secondary N) is 1. The number of aromatic nitrogens is 1. The number of carbonyl (C=O) groups excluding carboxylic acids is 1. The van der Waals surface area contributed by atoms with Crippen LogP contribution in [-0.2, 0) is 10.0 Å². The molecule has 0 fully saturated rings. The minimum atomic E-state index is -3.60. The molecule has 1 amide bonds. The van der Waals surface area contributed by atoms with Crippen molar-refractivity contribution in [1.82, 2.24) is 10.3 Å². The van der Waals surface area contributed by atoms with E-state index in [0.29, 0.717) is 12.0 Å². The third-order valence-electron chi connectivity index (χ3n) is 2.14. The van der Waals surface area contributed by atoms with Crippen LogP contribution in [0.15, 0.2) is 18.3 Å². The molecule has 0 spiro atoms. The average molecular weight is 297 g/mol. The van der Waals surface area contributed by atoms with Crippen molar-refractivity contribution in [3.05, 3.63) is 29.6 Å². The summed E-state index contributed by atoms with van der Waals surface area (Å²) in [4.78, 5) is 15.5. The summed E-state index contributed by atoms with van der Waals surface area (Å²) in [5, 5.41) is 15.8. The number of aliphatic hydroxyl groups excluding tert-OH is 1. The van der Waals surface area contributed by atoms with Crippen molar-refractivity contribution in [3.8, 4) is 11.8 Å². The SMILES string of the molecule is NS(=O)(=O)CCNC(=O)c1ccc(C#CCCO)cn1. The second-order valence-corrected chi connectivity index (χ2v) is 5.56. The van der Waals surface area contributed by atoms with Gasteiger partial charge in [-0.1, -0.05) is 11.8 Å². The molecule has 0 aliphatic carbocycles. The molecule has 0 aliphatic rings.